The molecule has 2 aromatic rings. The van der Waals surface area contributed by atoms with E-state index in [1.54, 1.807) is 12.3 Å². The number of rotatable bonds is 6. The number of hydrogen-bond donors (Lipinski definition) is 3. The van der Waals surface area contributed by atoms with Gasteiger partial charge in [-0.3, -0.25) is 0 Å². The van der Waals surface area contributed by atoms with E-state index in [1.165, 1.54) is 6.07 Å². The van der Waals surface area contributed by atoms with Crippen LogP contribution < -0.4 is 16.4 Å². The SMILES string of the molecule is NC1CCC(Nc2cc(-c3ccc(F)c(NCC45CCOCC4C5)n3)c(Cl)cn2)CC1. The second-order valence-electron chi connectivity index (χ2n) is 9.27. The van der Waals surface area contributed by atoms with Crippen LogP contribution in [0.3, 0.4) is 0 Å². The Bertz CT molecular complexity index is 952. The fourth-order valence-corrected chi connectivity index (χ4v) is 5.14. The van der Waals surface area contributed by atoms with Gasteiger partial charge in [-0.15, -0.1) is 0 Å². The fraction of sp³-hybridized carbons (Fsp3) is 0.565. The highest BCUT2D eigenvalue weighted by atomic mass is 35.5. The molecule has 2 unspecified atom stereocenters. The number of fused-ring (bicyclic) bond motifs is 1. The van der Waals surface area contributed by atoms with Crippen LogP contribution in [0.15, 0.2) is 24.4 Å². The standard InChI is InChI=1S/C23H29ClFN5O/c24-18-11-27-21(29-16-3-1-15(26)2-4-16)9-17(18)20-6-5-19(25)22(30-20)28-13-23-7-8-31-12-14(23)10-23/h5-6,9,11,14-16H,1-4,7-8,10,12-13,26H2,(H,27,29)(H,28,30). The molecule has 2 atom stereocenters. The first-order chi connectivity index (χ1) is 15.0. The maximum Gasteiger partial charge on any atom is 0.165 e. The van der Waals surface area contributed by atoms with Gasteiger partial charge in [0.1, 0.15) is 5.82 Å². The van der Waals surface area contributed by atoms with Gasteiger partial charge in [0.05, 0.1) is 10.7 Å². The summed E-state index contributed by atoms with van der Waals surface area (Å²) < 4.78 is 20.0. The van der Waals surface area contributed by atoms with E-state index in [1.807, 2.05) is 6.07 Å². The molecule has 3 heterocycles. The first kappa shape index (κ1) is 20.9. The minimum Gasteiger partial charge on any atom is -0.381 e. The zero-order chi connectivity index (χ0) is 21.4. The molecule has 1 aliphatic heterocycles. The molecule has 3 fully saturated rings. The van der Waals surface area contributed by atoms with Gasteiger partial charge in [-0.05, 0) is 68.1 Å². The Kier molecular flexibility index (Phi) is 5.75. The smallest absolute Gasteiger partial charge is 0.165 e. The number of nitrogens with one attached hydrogen (secondary N) is 2. The predicted molar refractivity (Wildman–Crippen MR) is 121 cm³/mol. The molecule has 2 aliphatic carbocycles. The van der Waals surface area contributed by atoms with E-state index in [9.17, 15) is 4.39 Å². The topological polar surface area (TPSA) is 85.1 Å². The molecular weight excluding hydrogens is 417 g/mol. The van der Waals surface area contributed by atoms with E-state index in [0.717, 1.165) is 69.7 Å². The van der Waals surface area contributed by atoms with Crippen LogP contribution in [0.2, 0.25) is 5.02 Å². The number of halogens is 2. The summed E-state index contributed by atoms with van der Waals surface area (Å²) in [4.78, 5) is 8.99. The number of aromatic nitrogens is 2. The Hall–Kier alpha value is -1.96. The van der Waals surface area contributed by atoms with Crippen molar-refractivity contribution in [2.24, 2.45) is 17.1 Å². The Labute approximate surface area is 187 Å². The lowest BCUT2D eigenvalue weighted by Crippen LogP contribution is -2.33. The van der Waals surface area contributed by atoms with E-state index in [-0.39, 0.29) is 17.1 Å². The molecule has 166 valence electrons. The van der Waals surface area contributed by atoms with Gasteiger partial charge >= 0.3 is 0 Å². The van der Waals surface area contributed by atoms with Gasteiger partial charge in [-0.1, -0.05) is 11.6 Å². The lowest BCUT2D eigenvalue weighted by Gasteiger charge is -2.27. The van der Waals surface area contributed by atoms with Crippen molar-refractivity contribution in [1.29, 1.82) is 0 Å². The van der Waals surface area contributed by atoms with Crippen LogP contribution in [-0.2, 0) is 4.74 Å². The number of ether oxygens (including phenoxy) is 1. The first-order valence-corrected chi connectivity index (χ1v) is 11.6. The summed E-state index contributed by atoms with van der Waals surface area (Å²) in [6.45, 7) is 2.31. The molecule has 31 heavy (non-hydrogen) atoms. The molecule has 0 radical (unpaired) electrons. The second-order valence-corrected chi connectivity index (χ2v) is 9.68. The number of nitrogens with zero attached hydrogens (tertiary/aromatic N) is 2. The summed E-state index contributed by atoms with van der Waals surface area (Å²) in [6, 6.07) is 5.66. The second kappa shape index (κ2) is 8.52. The fourth-order valence-electron chi connectivity index (χ4n) is 4.94. The monoisotopic (exact) mass is 445 g/mol. The molecule has 2 aromatic heterocycles. The number of pyridine rings is 2. The van der Waals surface area contributed by atoms with Crippen molar-refractivity contribution in [3.63, 3.8) is 0 Å². The van der Waals surface area contributed by atoms with Crippen LogP contribution in [0.25, 0.3) is 11.3 Å². The third-order valence-electron chi connectivity index (χ3n) is 7.13. The molecule has 1 saturated heterocycles. The summed E-state index contributed by atoms with van der Waals surface area (Å²) in [5, 5.41) is 7.23. The molecular formula is C23H29ClFN5O. The van der Waals surface area contributed by atoms with E-state index in [2.05, 4.69) is 20.6 Å². The van der Waals surface area contributed by atoms with Crippen LogP contribution in [0.4, 0.5) is 16.0 Å². The van der Waals surface area contributed by atoms with Crippen molar-refractivity contribution < 1.29 is 9.13 Å². The van der Waals surface area contributed by atoms with Crippen LogP contribution in [0.1, 0.15) is 38.5 Å². The molecule has 0 amide bonds. The summed E-state index contributed by atoms with van der Waals surface area (Å²) in [5.41, 5.74) is 7.61. The van der Waals surface area contributed by atoms with Crippen molar-refractivity contribution in [3.8, 4) is 11.3 Å². The summed E-state index contributed by atoms with van der Waals surface area (Å²) in [5.74, 6) is 1.25. The molecule has 0 bridgehead atoms. The Morgan fingerprint density at radius 1 is 1.26 bits per heavy atom. The summed E-state index contributed by atoms with van der Waals surface area (Å²) >= 11 is 6.44. The highest BCUT2D eigenvalue weighted by Crippen LogP contribution is 2.57. The van der Waals surface area contributed by atoms with Crippen molar-refractivity contribution >= 4 is 23.2 Å². The van der Waals surface area contributed by atoms with Crippen molar-refractivity contribution in [2.45, 2.75) is 50.6 Å². The van der Waals surface area contributed by atoms with Gasteiger partial charge in [0.2, 0.25) is 0 Å². The van der Waals surface area contributed by atoms with Gasteiger partial charge in [-0.2, -0.15) is 0 Å². The van der Waals surface area contributed by atoms with Crippen molar-refractivity contribution in [3.05, 3.63) is 35.2 Å². The van der Waals surface area contributed by atoms with Crippen LogP contribution in [0, 0.1) is 17.2 Å². The lowest BCUT2D eigenvalue weighted by molar-refractivity contribution is 0.0650. The Morgan fingerprint density at radius 2 is 2.10 bits per heavy atom. The molecule has 3 aliphatic rings. The van der Waals surface area contributed by atoms with Crippen LogP contribution >= 0.6 is 11.6 Å². The van der Waals surface area contributed by atoms with Gasteiger partial charge in [0.25, 0.3) is 0 Å². The van der Waals surface area contributed by atoms with Crippen molar-refractivity contribution in [2.75, 3.05) is 30.4 Å². The lowest BCUT2D eigenvalue weighted by atomic mass is 9.92. The Balaban J connectivity index is 1.32. The van der Waals surface area contributed by atoms with Gasteiger partial charge in [0.15, 0.2) is 11.6 Å². The normalized spacial score (nSPS) is 29.8. The Morgan fingerprint density at radius 3 is 2.90 bits per heavy atom. The maximum absolute atomic E-state index is 14.5. The highest BCUT2D eigenvalue weighted by Gasteiger charge is 2.55. The minimum atomic E-state index is -0.355. The van der Waals surface area contributed by atoms with E-state index in [4.69, 9.17) is 22.1 Å². The average molecular weight is 446 g/mol. The zero-order valence-corrected chi connectivity index (χ0v) is 18.3. The maximum atomic E-state index is 14.5. The first-order valence-electron chi connectivity index (χ1n) is 11.2. The summed E-state index contributed by atoms with van der Waals surface area (Å²) in [7, 11) is 0. The molecule has 2 saturated carbocycles. The third kappa shape index (κ3) is 4.49. The number of hydrogen-bond acceptors (Lipinski definition) is 6. The van der Waals surface area contributed by atoms with Crippen LogP contribution in [0.5, 0.6) is 0 Å². The average Bonchev–Trinajstić information content (AvgIpc) is 3.51. The van der Waals surface area contributed by atoms with Crippen molar-refractivity contribution in [1.82, 2.24) is 9.97 Å². The third-order valence-corrected chi connectivity index (χ3v) is 7.43. The molecule has 6 nitrogen and oxygen atoms in total. The molecule has 5 rings (SSSR count). The number of nitrogens with two attached hydrogens (primary N) is 1. The molecule has 0 spiro atoms. The van der Waals surface area contributed by atoms with Gasteiger partial charge < -0.3 is 21.1 Å². The summed E-state index contributed by atoms with van der Waals surface area (Å²) in [6.07, 6.45) is 7.86. The quantitative estimate of drug-likeness (QED) is 0.608. The van der Waals surface area contributed by atoms with Gasteiger partial charge in [0, 0.05) is 43.6 Å². The van der Waals surface area contributed by atoms with Crippen LogP contribution in [-0.4, -0.2) is 41.8 Å². The van der Waals surface area contributed by atoms with Gasteiger partial charge in [-0.25, -0.2) is 14.4 Å². The van der Waals surface area contributed by atoms with E-state index < -0.39 is 0 Å². The molecule has 0 aromatic carbocycles. The largest absolute Gasteiger partial charge is 0.381 e. The molecule has 8 heteroatoms. The van der Waals surface area contributed by atoms with E-state index >= 15 is 0 Å². The zero-order valence-electron chi connectivity index (χ0n) is 17.5. The molecule has 4 N–H and O–H groups in total. The predicted octanol–water partition coefficient (Wildman–Crippen LogP) is 4.46. The minimum absolute atomic E-state index is 0.232. The number of anilines is 2. The van der Waals surface area contributed by atoms with E-state index in [0.29, 0.717) is 28.7 Å². The highest BCUT2D eigenvalue weighted by molar-refractivity contribution is 6.33.